The lowest BCUT2D eigenvalue weighted by atomic mass is 10.0. The van der Waals surface area contributed by atoms with E-state index in [2.05, 4.69) is 156 Å². The molecule has 1 N–H and O–H groups in total. The number of benzene rings is 6. The summed E-state index contributed by atoms with van der Waals surface area (Å²) in [5, 5.41) is 3.55. The molecule has 0 saturated carbocycles. The van der Waals surface area contributed by atoms with E-state index < -0.39 is 0 Å². The predicted molar refractivity (Wildman–Crippen MR) is 162 cm³/mol. The first-order chi connectivity index (χ1) is 18.8. The number of nitrogens with one attached hydrogen (secondary N) is 1. The van der Waals surface area contributed by atoms with Gasteiger partial charge in [0.15, 0.2) is 0 Å². The van der Waals surface area contributed by atoms with Crippen LogP contribution in [0.3, 0.4) is 0 Å². The Morgan fingerprint density at radius 3 is 1.34 bits per heavy atom. The number of rotatable bonds is 7. The molecule has 0 aliphatic heterocycles. The van der Waals surface area contributed by atoms with Crippen molar-refractivity contribution in [1.29, 1.82) is 0 Å². The summed E-state index contributed by atoms with van der Waals surface area (Å²) < 4.78 is 0. The van der Waals surface area contributed by atoms with Crippen molar-refractivity contribution in [2.45, 2.75) is 0 Å². The smallest absolute Gasteiger partial charge is 0.0462 e. The Morgan fingerprint density at radius 2 is 0.763 bits per heavy atom. The number of hydrogen-bond donors (Lipinski definition) is 1. The maximum Gasteiger partial charge on any atom is 0.0462 e. The molecule has 0 aliphatic carbocycles. The predicted octanol–water partition coefficient (Wildman–Crippen LogP) is 10.2. The number of hydrogen-bond acceptors (Lipinski definition) is 2. The highest BCUT2D eigenvalue weighted by atomic mass is 15.1. The van der Waals surface area contributed by atoms with Crippen LogP contribution in [0.25, 0.3) is 22.3 Å². The van der Waals surface area contributed by atoms with Crippen molar-refractivity contribution in [1.82, 2.24) is 0 Å². The summed E-state index contributed by atoms with van der Waals surface area (Å²) in [5.74, 6) is 0. The second-order valence-electron chi connectivity index (χ2n) is 9.20. The molecule has 0 amide bonds. The van der Waals surface area contributed by atoms with Gasteiger partial charge >= 0.3 is 0 Å². The van der Waals surface area contributed by atoms with Gasteiger partial charge in [0, 0.05) is 28.4 Å². The molecule has 6 rings (SSSR count). The molecule has 6 aromatic carbocycles. The van der Waals surface area contributed by atoms with Gasteiger partial charge in [0.25, 0.3) is 0 Å². The van der Waals surface area contributed by atoms with Crippen LogP contribution < -0.4 is 10.2 Å². The minimum absolute atomic E-state index is 1.06. The molecule has 0 fully saturated rings. The first-order valence-corrected chi connectivity index (χ1v) is 12.9. The van der Waals surface area contributed by atoms with E-state index in [9.17, 15) is 0 Å². The quantitative estimate of drug-likeness (QED) is 0.240. The zero-order valence-electron chi connectivity index (χ0n) is 21.0. The van der Waals surface area contributed by atoms with Crippen molar-refractivity contribution >= 4 is 28.4 Å². The molecule has 0 spiro atoms. The molecule has 0 bridgehead atoms. The van der Waals surface area contributed by atoms with Crippen LogP contribution >= 0.6 is 0 Å². The summed E-state index contributed by atoms with van der Waals surface area (Å²) in [5.41, 5.74) is 10.3. The van der Waals surface area contributed by atoms with E-state index in [4.69, 9.17) is 0 Å². The third-order valence-electron chi connectivity index (χ3n) is 6.63. The maximum absolute atomic E-state index is 3.55. The van der Waals surface area contributed by atoms with Gasteiger partial charge in [0.05, 0.1) is 0 Å². The third-order valence-corrected chi connectivity index (χ3v) is 6.63. The lowest BCUT2D eigenvalue weighted by Gasteiger charge is -2.25. The third kappa shape index (κ3) is 5.21. The topological polar surface area (TPSA) is 15.3 Å². The van der Waals surface area contributed by atoms with Gasteiger partial charge in [-0.3, -0.25) is 0 Å². The average Bonchev–Trinajstić information content (AvgIpc) is 3.00. The van der Waals surface area contributed by atoms with Gasteiger partial charge in [0.1, 0.15) is 0 Å². The van der Waals surface area contributed by atoms with E-state index in [1.807, 2.05) is 18.2 Å². The van der Waals surface area contributed by atoms with Gasteiger partial charge < -0.3 is 10.2 Å². The Balaban J connectivity index is 1.21. The Bertz CT molecular complexity index is 1550. The monoisotopic (exact) mass is 488 g/mol. The molecule has 2 heteroatoms. The van der Waals surface area contributed by atoms with Crippen LogP contribution in [0.2, 0.25) is 0 Å². The number of nitrogens with zero attached hydrogens (tertiary/aromatic N) is 1. The average molecular weight is 489 g/mol. The van der Waals surface area contributed by atoms with Crippen LogP contribution in [0.15, 0.2) is 164 Å². The van der Waals surface area contributed by atoms with Gasteiger partial charge in [-0.2, -0.15) is 0 Å². The van der Waals surface area contributed by atoms with Crippen molar-refractivity contribution in [2.24, 2.45) is 0 Å². The van der Waals surface area contributed by atoms with Crippen LogP contribution in [0.5, 0.6) is 0 Å². The molecule has 0 aliphatic rings. The summed E-state index contributed by atoms with van der Waals surface area (Å²) in [4.78, 5) is 2.28. The van der Waals surface area contributed by atoms with Crippen LogP contribution in [0.4, 0.5) is 28.4 Å². The standard InChI is InChI=1S/C36H28N2/c1-4-11-28(12-5-1)31-13-10-14-33(27-31)37-32-23-19-29(20-24-32)30-21-25-36(26-22-30)38(34-15-6-2-7-16-34)35-17-8-3-9-18-35/h1-27,37H. The minimum Gasteiger partial charge on any atom is -0.356 e. The molecule has 2 nitrogen and oxygen atoms in total. The molecular weight excluding hydrogens is 460 g/mol. The maximum atomic E-state index is 3.55. The highest BCUT2D eigenvalue weighted by Crippen LogP contribution is 2.35. The van der Waals surface area contributed by atoms with Crippen molar-refractivity contribution in [3.63, 3.8) is 0 Å². The van der Waals surface area contributed by atoms with Gasteiger partial charge in [-0.25, -0.2) is 0 Å². The normalized spacial score (nSPS) is 10.6. The van der Waals surface area contributed by atoms with Gasteiger partial charge in [0.2, 0.25) is 0 Å². The zero-order chi connectivity index (χ0) is 25.6. The molecule has 6 aromatic rings. The summed E-state index contributed by atoms with van der Waals surface area (Å²) >= 11 is 0. The highest BCUT2D eigenvalue weighted by molar-refractivity contribution is 5.79. The molecule has 0 radical (unpaired) electrons. The van der Waals surface area contributed by atoms with Crippen molar-refractivity contribution < 1.29 is 0 Å². The van der Waals surface area contributed by atoms with E-state index in [1.165, 1.54) is 22.3 Å². The van der Waals surface area contributed by atoms with Crippen molar-refractivity contribution in [2.75, 3.05) is 10.2 Å². The molecule has 0 heterocycles. The van der Waals surface area contributed by atoms with Gasteiger partial charge in [-0.1, -0.05) is 103 Å². The highest BCUT2D eigenvalue weighted by Gasteiger charge is 2.12. The fraction of sp³-hybridized carbons (Fsp3) is 0. The Hall–Kier alpha value is -5.08. The lowest BCUT2D eigenvalue weighted by molar-refractivity contribution is 1.28. The molecule has 0 atom stereocenters. The van der Waals surface area contributed by atoms with Crippen LogP contribution in [-0.2, 0) is 0 Å². The lowest BCUT2D eigenvalue weighted by Crippen LogP contribution is -2.09. The molecule has 182 valence electrons. The Kier molecular flexibility index (Phi) is 6.69. The first-order valence-electron chi connectivity index (χ1n) is 12.9. The van der Waals surface area contributed by atoms with Crippen molar-refractivity contribution in [3.05, 3.63) is 164 Å². The van der Waals surface area contributed by atoms with Crippen molar-refractivity contribution in [3.8, 4) is 22.3 Å². The summed E-state index contributed by atoms with van der Waals surface area (Å²) in [6, 6.07) is 57.3. The fourth-order valence-electron chi connectivity index (χ4n) is 4.72. The van der Waals surface area contributed by atoms with E-state index in [-0.39, 0.29) is 0 Å². The van der Waals surface area contributed by atoms with E-state index >= 15 is 0 Å². The minimum atomic E-state index is 1.06. The Labute approximate surface area is 224 Å². The summed E-state index contributed by atoms with van der Waals surface area (Å²) in [6.45, 7) is 0. The first kappa shape index (κ1) is 23.3. The zero-order valence-corrected chi connectivity index (χ0v) is 21.0. The molecule has 0 unspecified atom stereocenters. The number of para-hydroxylation sites is 2. The van der Waals surface area contributed by atoms with E-state index in [0.29, 0.717) is 0 Å². The van der Waals surface area contributed by atoms with Crippen LogP contribution in [0, 0.1) is 0 Å². The van der Waals surface area contributed by atoms with Gasteiger partial charge in [-0.15, -0.1) is 0 Å². The van der Waals surface area contributed by atoms with E-state index in [1.54, 1.807) is 0 Å². The SMILES string of the molecule is c1ccc(-c2cccc(Nc3ccc(-c4ccc(N(c5ccccc5)c5ccccc5)cc4)cc3)c2)cc1. The summed E-state index contributed by atoms with van der Waals surface area (Å²) in [6.07, 6.45) is 0. The number of anilines is 5. The largest absolute Gasteiger partial charge is 0.356 e. The molecule has 0 aromatic heterocycles. The van der Waals surface area contributed by atoms with Crippen LogP contribution in [0.1, 0.15) is 0 Å². The second kappa shape index (κ2) is 10.9. The van der Waals surface area contributed by atoms with E-state index in [0.717, 1.165) is 28.4 Å². The molecule has 38 heavy (non-hydrogen) atoms. The Morgan fingerprint density at radius 1 is 0.316 bits per heavy atom. The van der Waals surface area contributed by atoms with Crippen LogP contribution in [-0.4, -0.2) is 0 Å². The fourth-order valence-corrected chi connectivity index (χ4v) is 4.72. The van der Waals surface area contributed by atoms with Gasteiger partial charge in [-0.05, 0) is 82.9 Å². The summed E-state index contributed by atoms with van der Waals surface area (Å²) in [7, 11) is 0. The molecular formula is C36H28N2. The second-order valence-corrected chi connectivity index (χ2v) is 9.20. The molecule has 0 saturated heterocycles.